The van der Waals surface area contributed by atoms with Gasteiger partial charge in [0.2, 0.25) is 0 Å². The third kappa shape index (κ3) is 5.02. The Morgan fingerprint density at radius 1 is 1.25 bits per heavy atom. The van der Waals surface area contributed by atoms with Crippen molar-refractivity contribution < 1.29 is 0 Å². The van der Waals surface area contributed by atoms with Crippen molar-refractivity contribution in [1.82, 2.24) is 15.0 Å². The number of nitrogens with two attached hydrogens (primary N) is 2. The Morgan fingerprint density at radius 3 is 2.89 bits per heavy atom. The Labute approximate surface area is 165 Å². The predicted molar refractivity (Wildman–Crippen MR) is 120 cm³/mol. The van der Waals surface area contributed by atoms with E-state index in [4.69, 9.17) is 11.5 Å². The van der Waals surface area contributed by atoms with Crippen molar-refractivity contribution >= 4 is 42.2 Å². The molecule has 3 aromatic rings. The Balaban J connectivity index is 1.76. The van der Waals surface area contributed by atoms with Gasteiger partial charge in [0.25, 0.3) is 0 Å². The highest BCUT2D eigenvalue weighted by molar-refractivity contribution is 7.55. The minimum absolute atomic E-state index is 0.0996. The number of anilines is 2. The molecule has 8 heteroatoms. The summed E-state index contributed by atoms with van der Waals surface area (Å²) >= 11 is 0. The average molecular weight is 393 g/mol. The molecule has 0 aliphatic rings. The van der Waals surface area contributed by atoms with E-state index in [1.165, 1.54) is 6.20 Å². The second-order valence-electron chi connectivity index (χ2n) is 6.53. The third-order valence-corrected chi connectivity index (χ3v) is 4.73. The number of rotatable bonds is 7. The molecule has 0 saturated heterocycles. The molecule has 3 rings (SSSR count). The van der Waals surface area contributed by atoms with Gasteiger partial charge in [-0.15, -0.1) is 0 Å². The number of allylic oxidation sites excluding steroid dienone is 1. The predicted octanol–water partition coefficient (Wildman–Crippen LogP) is 3.29. The van der Waals surface area contributed by atoms with Gasteiger partial charge in [-0.05, 0) is 37.1 Å². The number of benzene rings is 1. The summed E-state index contributed by atoms with van der Waals surface area (Å²) in [5, 5.41) is 4.35. The largest absolute Gasteiger partial charge is 0.404 e. The molecule has 5 N–H and O–H groups in total. The van der Waals surface area contributed by atoms with Crippen LogP contribution in [0.15, 0.2) is 53.9 Å². The molecule has 0 saturated carbocycles. The van der Waals surface area contributed by atoms with Crippen LogP contribution in [0.5, 0.6) is 0 Å². The maximum atomic E-state index is 6.00. The monoisotopic (exact) mass is 393 g/mol. The number of pyridine rings is 1. The zero-order valence-corrected chi connectivity index (χ0v) is 16.9. The molecule has 28 heavy (non-hydrogen) atoms. The van der Waals surface area contributed by atoms with Gasteiger partial charge in [-0.2, -0.15) is 0 Å². The summed E-state index contributed by atoms with van der Waals surface area (Å²) in [6, 6.07) is 10.1. The first-order valence-electron chi connectivity index (χ1n) is 8.83. The van der Waals surface area contributed by atoms with Crippen LogP contribution in [0, 0.1) is 0 Å². The standard InChI is InChI=1S/C20H24N7P/c1-28(2)13-23-11-16(9-21)18-12-25-19(22)20(27-18)26-10-14-5-6-17-15(8-14)4-3-7-24-17/h3-9,11-12H,10,13,21H2,1-2H3,(H2,22,25)(H,26,27). The van der Waals surface area contributed by atoms with E-state index in [1.807, 2.05) is 24.3 Å². The van der Waals surface area contributed by atoms with Crippen LogP contribution in [0.4, 0.5) is 11.6 Å². The summed E-state index contributed by atoms with van der Waals surface area (Å²) in [5.74, 6) is 0.856. The lowest BCUT2D eigenvalue weighted by atomic mass is 10.1. The van der Waals surface area contributed by atoms with E-state index in [9.17, 15) is 0 Å². The lowest BCUT2D eigenvalue weighted by molar-refractivity contribution is 1.08. The van der Waals surface area contributed by atoms with Crippen LogP contribution in [-0.2, 0) is 6.54 Å². The van der Waals surface area contributed by atoms with Crippen molar-refractivity contribution in [3.05, 3.63) is 60.2 Å². The van der Waals surface area contributed by atoms with Crippen molar-refractivity contribution in [3.8, 4) is 0 Å². The number of nitrogen functional groups attached to an aromatic ring is 1. The van der Waals surface area contributed by atoms with Crippen LogP contribution < -0.4 is 16.8 Å². The Hall–Kier alpha value is -3.05. The SMILES string of the molecule is CP(C)CN=CC(=CN)c1cnc(N)c(NCc2ccc3ncccc3c2)n1. The molecule has 0 aliphatic heterocycles. The lowest BCUT2D eigenvalue weighted by Gasteiger charge is -2.10. The van der Waals surface area contributed by atoms with Crippen molar-refractivity contribution in [3.63, 3.8) is 0 Å². The van der Waals surface area contributed by atoms with Gasteiger partial charge in [0, 0.05) is 36.1 Å². The molecule has 2 heterocycles. The summed E-state index contributed by atoms with van der Waals surface area (Å²) in [7, 11) is -0.0996. The van der Waals surface area contributed by atoms with E-state index >= 15 is 0 Å². The van der Waals surface area contributed by atoms with Crippen LogP contribution in [0.1, 0.15) is 11.3 Å². The maximum Gasteiger partial charge on any atom is 0.169 e. The first-order chi connectivity index (χ1) is 13.6. The minimum atomic E-state index is -0.0996. The molecule has 1 aromatic carbocycles. The number of fused-ring (bicyclic) bond motifs is 1. The highest BCUT2D eigenvalue weighted by Crippen LogP contribution is 2.24. The number of nitrogens with zero attached hydrogens (tertiary/aromatic N) is 4. The van der Waals surface area contributed by atoms with E-state index < -0.39 is 0 Å². The molecule has 2 aromatic heterocycles. The second-order valence-corrected chi connectivity index (χ2v) is 8.97. The molecule has 144 valence electrons. The van der Waals surface area contributed by atoms with Crippen LogP contribution in [0.3, 0.4) is 0 Å². The van der Waals surface area contributed by atoms with Gasteiger partial charge in [0.15, 0.2) is 11.6 Å². The number of aromatic nitrogens is 3. The fourth-order valence-electron chi connectivity index (χ4n) is 2.59. The second kappa shape index (κ2) is 9.24. The van der Waals surface area contributed by atoms with Gasteiger partial charge in [-0.25, -0.2) is 9.97 Å². The number of aliphatic imine (C=N–C) groups is 1. The molecule has 0 unspecified atom stereocenters. The topological polar surface area (TPSA) is 115 Å². The summed E-state index contributed by atoms with van der Waals surface area (Å²) < 4.78 is 0. The molecule has 0 spiro atoms. The molecule has 0 atom stereocenters. The van der Waals surface area contributed by atoms with Crippen molar-refractivity contribution in [2.75, 3.05) is 30.7 Å². The molecular weight excluding hydrogens is 369 g/mol. The van der Waals surface area contributed by atoms with E-state index in [0.29, 0.717) is 29.4 Å². The van der Waals surface area contributed by atoms with Crippen LogP contribution >= 0.6 is 7.92 Å². The van der Waals surface area contributed by atoms with Gasteiger partial charge in [-0.3, -0.25) is 9.98 Å². The van der Waals surface area contributed by atoms with Crippen molar-refractivity contribution in [2.45, 2.75) is 6.54 Å². The zero-order chi connectivity index (χ0) is 19.9. The summed E-state index contributed by atoms with van der Waals surface area (Å²) in [6.07, 6.45) is 7.40. The summed E-state index contributed by atoms with van der Waals surface area (Å²) in [6.45, 7) is 4.91. The summed E-state index contributed by atoms with van der Waals surface area (Å²) in [4.78, 5) is 17.6. The van der Waals surface area contributed by atoms with Gasteiger partial charge in [0.1, 0.15) is 0 Å². The third-order valence-electron chi connectivity index (χ3n) is 4.00. The van der Waals surface area contributed by atoms with E-state index in [-0.39, 0.29) is 7.92 Å². The van der Waals surface area contributed by atoms with Gasteiger partial charge in [-0.1, -0.05) is 20.1 Å². The molecule has 0 amide bonds. The quantitative estimate of drug-likeness (QED) is 0.419. The fraction of sp³-hybridized carbons (Fsp3) is 0.200. The maximum absolute atomic E-state index is 6.00. The van der Waals surface area contributed by atoms with Crippen LogP contribution in [0.2, 0.25) is 0 Å². The molecule has 0 fully saturated rings. The summed E-state index contributed by atoms with van der Waals surface area (Å²) in [5.41, 5.74) is 15.2. The normalized spacial score (nSPS) is 12.2. The van der Waals surface area contributed by atoms with E-state index in [1.54, 1.807) is 18.6 Å². The van der Waals surface area contributed by atoms with Crippen molar-refractivity contribution in [1.29, 1.82) is 0 Å². The highest BCUT2D eigenvalue weighted by atomic mass is 31.1. The Morgan fingerprint density at radius 2 is 2.11 bits per heavy atom. The molecule has 0 bridgehead atoms. The minimum Gasteiger partial charge on any atom is -0.404 e. The first-order valence-corrected chi connectivity index (χ1v) is 11.3. The Kier molecular flexibility index (Phi) is 6.50. The molecule has 7 nitrogen and oxygen atoms in total. The first kappa shape index (κ1) is 19.7. The van der Waals surface area contributed by atoms with Crippen LogP contribution in [0.25, 0.3) is 16.5 Å². The van der Waals surface area contributed by atoms with Crippen LogP contribution in [-0.4, -0.2) is 40.8 Å². The number of nitrogens with one attached hydrogen (secondary N) is 1. The highest BCUT2D eigenvalue weighted by Gasteiger charge is 2.08. The van der Waals surface area contributed by atoms with Crippen molar-refractivity contribution in [2.24, 2.45) is 10.7 Å². The molecule has 0 radical (unpaired) electrons. The number of hydrogen-bond acceptors (Lipinski definition) is 7. The number of hydrogen-bond donors (Lipinski definition) is 3. The van der Waals surface area contributed by atoms with E-state index in [2.05, 4.69) is 44.7 Å². The zero-order valence-electron chi connectivity index (χ0n) is 16.0. The fourth-order valence-corrected chi connectivity index (χ4v) is 2.99. The Bertz CT molecular complexity index is 1010. The molecule has 0 aliphatic carbocycles. The lowest BCUT2D eigenvalue weighted by Crippen LogP contribution is -2.08. The van der Waals surface area contributed by atoms with Gasteiger partial charge < -0.3 is 16.8 Å². The average Bonchev–Trinajstić information content (AvgIpc) is 2.70. The smallest absolute Gasteiger partial charge is 0.169 e. The van der Waals surface area contributed by atoms with Gasteiger partial charge in [0.05, 0.1) is 23.7 Å². The van der Waals surface area contributed by atoms with E-state index in [0.717, 1.165) is 22.8 Å². The molecular formula is C20H24N7P. The van der Waals surface area contributed by atoms with Gasteiger partial charge >= 0.3 is 0 Å².